The van der Waals surface area contributed by atoms with Gasteiger partial charge in [-0.05, 0) is 68.3 Å². The zero-order valence-corrected chi connectivity index (χ0v) is 19.2. The van der Waals surface area contributed by atoms with Gasteiger partial charge in [0, 0.05) is 17.6 Å². The van der Waals surface area contributed by atoms with Crippen LogP contribution in [0.5, 0.6) is 5.75 Å². The van der Waals surface area contributed by atoms with Gasteiger partial charge < -0.3 is 21.1 Å². The van der Waals surface area contributed by atoms with E-state index in [4.69, 9.17) is 5.73 Å². The summed E-state index contributed by atoms with van der Waals surface area (Å²) in [5.41, 5.74) is 5.55. The normalized spacial score (nSPS) is 26.8. The molecular formula is C26H28N2O7. The van der Waals surface area contributed by atoms with E-state index in [1.807, 2.05) is 0 Å². The third-order valence-corrected chi connectivity index (χ3v) is 7.89. The fourth-order valence-electron chi connectivity index (χ4n) is 6.31. The van der Waals surface area contributed by atoms with E-state index in [1.54, 1.807) is 6.07 Å². The third kappa shape index (κ3) is 3.74. The molecule has 0 bridgehead atoms. The maximum Gasteiger partial charge on any atom is 0.255 e. The summed E-state index contributed by atoms with van der Waals surface area (Å²) in [7, 11) is 0. The van der Waals surface area contributed by atoms with Crippen LogP contribution in [0.15, 0.2) is 34.8 Å². The zero-order valence-electron chi connectivity index (χ0n) is 19.2. The number of nitrogens with two attached hydrogens (primary N) is 1. The minimum Gasteiger partial charge on any atom is -0.511 e. The van der Waals surface area contributed by atoms with E-state index in [2.05, 4.69) is 4.90 Å². The van der Waals surface area contributed by atoms with Crippen LogP contribution in [-0.4, -0.2) is 63.1 Å². The number of allylic oxidation sites excluding steroid dienone is 3. The van der Waals surface area contributed by atoms with Crippen molar-refractivity contribution >= 4 is 23.3 Å². The highest BCUT2D eigenvalue weighted by Crippen LogP contribution is 2.49. The first-order valence-electron chi connectivity index (χ1n) is 12.0. The molecule has 1 saturated heterocycles. The number of phenolic OH excluding ortho intramolecular Hbond substituents is 1. The molecule has 1 heterocycles. The highest BCUT2D eigenvalue weighted by Gasteiger charge is 2.50. The second-order valence-corrected chi connectivity index (χ2v) is 10.0. The molecule has 1 fully saturated rings. The van der Waals surface area contributed by atoms with Gasteiger partial charge >= 0.3 is 0 Å². The van der Waals surface area contributed by atoms with E-state index in [0.717, 1.165) is 32.4 Å². The van der Waals surface area contributed by atoms with Crippen molar-refractivity contribution in [1.29, 1.82) is 0 Å². The maximum atomic E-state index is 13.5. The van der Waals surface area contributed by atoms with Crippen molar-refractivity contribution < 1.29 is 34.5 Å². The molecule has 3 atom stereocenters. The molecule has 0 aromatic heterocycles. The second-order valence-electron chi connectivity index (χ2n) is 10.0. The van der Waals surface area contributed by atoms with Crippen molar-refractivity contribution in [3.63, 3.8) is 0 Å². The van der Waals surface area contributed by atoms with Crippen LogP contribution in [0, 0.1) is 17.8 Å². The first kappa shape index (κ1) is 23.3. The van der Waals surface area contributed by atoms with Gasteiger partial charge in [-0.3, -0.25) is 24.1 Å². The maximum absolute atomic E-state index is 13.5. The summed E-state index contributed by atoms with van der Waals surface area (Å²) in [6, 6.07) is 2.87. The number of Topliss-reactive ketones (excluding diaryl/α,β-unsaturated/α-hetero) is 3. The largest absolute Gasteiger partial charge is 0.511 e. The molecule has 1 aliphatic heterocycles. The molecule has 4 aliphatic rings. The van der Waals surface area contributed by atoms with Crippen LogP contribution >= 0.6 is 0 Å². The molecule has 5 rings (SSSR count). The van der Waals surface area contributed by atoms with Gasteiger partial charge in [0.2, 0.25) is 0 Å². The summed E-state index contributed by atoms with van der Waals surface area (Å²) in [5.74, 6) is -5.93. The number of hydrogen-bond acceptors (Lipinski definition) is 8. The SMILES string of the molecule is NC(=O)C1=C(O)CC2C[C@@H]3Cc4c(C(=O)CN5CCCCC5)ccc(O)c4C(=O)C3=C(O)C2C1=O. The molecule has 35 heavy (non-hydrogen) atoms. The van der Waals surface area contributed by atoms with Gasteiger partial charge in [-0.25, -0.2) is 0 Å². The number of likely N-dealkylation sites (tertiary alicyclic amines) is 1. The van der Waals surface area contributed by atoms with E-state index in [0.29, 0.717) is 17.5 Å². The number of carbonyl (C=O) groups excluding carboxylic acids is 4. The summed E-state index contributed by atoms with van der Waals surface area (Å²) < 4.78 is 0. The van der Waals surface area contributed by atoms with E-state index >= 15 is 0 Å². The van der Waals surface area contributed by atoms with Crippen LogP contribution in [0.1, 0.15) is 58.4 Å². The predicted molar refractivity (Wildman–Crippen MR) is 124 cm³/mol. The molecule has 0 saturated carbocycles. The number of rotatable bonds is 4. The lowest BCUT2D eigenvalue weighted by Gasteiger charge is -2.41. The number of hydrogen-bond donors (Lipinski definition) is 4. The Kier molecular flexibility index (Phi) is 5.75. The lowest BCUT2D eigenvalue weighted by molar-refractivity contribution is -0.126. The predicted octanol–water partition coefficient (Wildman–Crippen LogP) is 2.13. The standard InChI is InChI=1S/C26H28N2O7/c27-26(35)22-17(30)10-13-8-12-9-15-14(18(31)11-28-6-2-1-3-7-28)4-5-16(29)21(15)24(33)19(12)23(32)20(13)25(22)34/h4-5,12-13,20,29-30,32H,1-3,6-11H2,(H2,27,35)/t12-,13?,20?/m1/s1. The Hall–Kier alpha value is -3.46. The molecule has 1 aromatic carbocycles. The van der Waals surface area contributed by atoms with Gasteiger partial charge in [0.15, 0.2) is 17.3 Å². The summed E-state index contributed by atoms with van der Waals surface area (Å²) in [4.78, 5) is 53.5. The van der Waals surface area contributed by atoms with Crippen LogP contribution in [-0.2, 0) is 16.0 Å². The molecular weight excluding hydrogens is 452 g/mol. The lowest BCUT2D eigenvalue weighted by Crippen LogP contribution is -2.43. The topological polar surface area (TPSA) is 158 Å². The van der Waals surface area contributed by atoms with Crippen LogP contribution in [0.25, 0.3) is 0 Å². The van der Waals surface area contributed by atoms with E-state index in [-0.39, 0.29) is 42.1 Å². The van der Waals surface area contributed by atoms with Crippen LogP contribution in [0.3, 0.4) is 0 Å². The van der Waals surface area contributed by atoms with Crippen molar-refractivity contribution in [2.75, 3.05) is 19.6 Å². The number of aliphatic hydroxyl groups excluding tert-OH is 2. The van der Waals surface area contributed by atoms with E-state index < -0.39 is 52.3 Å². The van der Waals surface area contributed by atoms with Crippen molar-refractivity contribution in [2.45, 2.75) is 38.5 Å². The number of primary amides is 1. The Morgan fingerprint density at radius 1 is 1.03 bits per heavy atom. The van der Waals surface area contributed by atoms with Gasteiger partial charge in [-0.15, -0.1) is 0 Å². The first-order chi connectivity index (χ1) is 16.7. The number of aromatic hydroxyl groups is 1. The molecule has 2 unspecified atom stereocenters. The van der Waals surface area contributed by atoms with Crippen LogP contribution in [0.4, 0.5) is 0 Å². The number of benzene rings is 1. The number of aliphatic hydroxyl groups is 2. The monoisotopic (exact) mass is 480 g/mol. The Bertz CT molecular complexity index is 1220. The molecule has 9 nitrogen and oxygen atoms in total. The van der Waals surface area contributed by atoms with E-state index in [9.17, 15) is 34.5 Å². The molecule has 5 N–H and O–H groups in total. The smallest absolute Gasteiger partial charge is 0.255 e. The number of phenols is 1. The first-order valence-corrected chi connectivity index (χ1v) is 12.0. The Morgan fingerprint density at radius 3 is 2.43 bits per heavy atom. The fourth-order valence-corrected chi connectivity index (χ4v) is 6.31. The summed E-state index contributed by atoms with van der Waals surface area (Å²) >= 11 is 0. The number of carbonyl (C=O) groups is 4. The highest BCUT2D eigenvalue weighted by atomic mass is 16.3. The van der Waals surface area contributed by atoms with Crippen LogP contribution in [0.2, 0.25) is 0 Å². The van der Waals surface area contributed by atoms with Gasteiger partial charge in [0.05, 0.1) is 18.0 Å². The lowest BCUT2D eigenvalue weighted by atomic mass is 9.62. The molecule has 184 valence electrons. The number of piperidine rings is 1. The summed E-state index contributed by atoms with van der Waals surface area (Å²) in [5, 5.41) is 31.9. The molecule has 0 spiro atoms. The van der Waals surface area contributed by atoms with Crippen molar-refractivity contribution in [2.24, 2.45) is 23.5 Å². The molecule has 1 aromatic rings. The number of ketones is 3. The summed E-state index contributed by atoms with van der Waals surface area (Å²) in [6.45, 7) is 1.92. The number of amides is 1. The zero-order chi connectivity index (χ0) is 25.0. The fraction of sp³-hybridized carbons (Fsp3) is 0.462. The number of fused-ring (bicyclic) bond motifs is 3. The average Bonchev–Trinajstić information content (AvgIpc) is 2.79. The van der Waals surface area contributed by atoms with Gasteiger partial charge in [-0.2, -0.15) is 0 Å². The van der Waals surface area contributed by atoms with Gasteiger partial charge in [0.25, 0.3) is 5.91 Å². The van der Waals surface area contributed by atoms with Crippen molar-refractivity contribution in [1.82, 2.24) is 4.90 Å². The van der Waals surface area contributed by atoms with Crippen molar-refractivity contribution in [3.05, 3.63) is 51.5 Å². The summed E-state index contributed by atoms with van der Waals surface area (Å²) in [6.07, 6.45) is 3.73. The highest BCUT2D eigenvalue weighted by molar-refractivity contribution is 6.22. The Morgan fingerprint density at radius 2 is 1.74 bits per heavy atom. The third-order valence-electron chi connectivity index (χ3n) is 7.89. The quantitative estimate of drug-likeness (QED) is 0.377. The number of nitrogens with zero attached hydrogens (tertiary/aromatic N) is 1. The molecule has 1 amide bonds. The van der Waals surface area contributed by atoms with Gasteiger partial charge in [0.1, 0.15) is 22.8 Å². The van der Waals surface area contributed by atoms with E-state index in [1.165, 1.54) is 6.07 Å². The second kappa shape index (κ2) is 8.64. The minimum absolute atomic E-state index is 0.0215. The molecule has 3 aliphatic carbocycles. The Labute approximate surface area is 201 Å². The van der Waals surface area contributed by atoms with Crippen LogP contribution < -0.4 is 5.73 Å². The molecule has 9 heteroatoms. The molecule has 0 radical (unpaired) electrons. The van der Waals surface area contributed by atoms with Crippen molar-refractivity contribution in [3.8, 4) is 5.75 Å². The Balaban J connectivity index is 1.53. The minimum atomic E-state index is -1.16. The van der Waals surface area contributed by atoms with Gasteiger partial charge in [-0.1, -0.05) is 6.42 Å². The average molecular weight is 481 g/mol.